The monoisotopic (exact) mass is 477 g/mol. The van der Waals surface area contributed by atoms with Gasteiger partial charge in [0.2, 0.25) is 5.89 Å². The molecular formula is C19H36IN5O. The summed E-state index contributed by atoms with van der Waals surface area (Å²) in [4.78, 5) is 13.6. The highest BCUT2D eigenvalue weighted by Gasteiger charge is 2.21. The zero-order valence-corrected chi connectivity index (χ0v) is 19.4. The molecule has 2 heterocycles. The van der Waals surface area contributed by atoms with Crippen LogP contribution < -0.4 is 5.32 Å². The van der Waals surface area contributed by atoms with Gasteiger partial charge in [-0.05, 0) is 52.1 Å². The second kappa shape index (κ2) is 11.8. The summed E-state index contributed by atoms with van der Waals surface area (Å²) in [6.45, 7) is 11.3. The fourth-order valence-electron chi connectivity index (χ4n) is 3.27. The van der Waals surface area contributed by atoms with Gasteiger partial charge in [0.25, 0.3) is 0 Å². The van der Waals surface area contributed by atoms with Crippen molar-refractivity contribution in [1.82, 2.24) is 20.1 Å². The van der Waals surface area contributed by atoms with E-state index >= 15 is 0 Å². The minimum atomic E-state index is 0. The SMILES string of the molecule is CCCCN(C)C(=NC)NCC1CCN(Cc2nc(C)c(C)o2)CC1.I. The van der Waals surface area contributed by atoms with Crippen molar-refractivity contribution in [2.75, 3.05) is 40.3 Å². The van der Waals surface area contributed by atoms with Gasteiger partial charge < -0.3 is 14.6 Å². The number of hydrogen-bond donors (Lipinski definition) is 1. The van der Waals surface area contributed by atoms with Gasteiger partial charge in [0.15, 0.2) is 5.96 Å². The molecular weight excluding hydrogens is 441 g/mol. The minimum Gasteiger partial charge on any atom is -0.444 e. The smallest absolute Gasteiger partial charge is 0.208 e. The van der Waals surface area contributed by atoms with Crippen molar-refractivity contribution in [2.45, 2.75) is 53.0 Å². The second-order valence-corrected chi connectivity index (χ2v) is 7.17. The van der Waals surface area contributed by atoms with E-state index in [0.717, 1.165) is 56.0 Å². The molecule has 1 aliphatic heterocycles. The molecule has 6 nitrogen and oxygen atoms in total. The molecule has 0 aliphatic carbocycles. The Labute approximate surface area is 175 Å². The Hall–Kier alpha value is -0.830. The first kappa shape index (κ1) is 23.2. The van der Waals surface area contributed by atoms with Gasteiger partial charge in [-0.3, -0.25) is 9.89 Å². The Morgan fingerprint density at radius 1 is 1.35 bits per heavy atom. The van der Waals surface area contributed by atoms with Gasteiger partial charge in [-0.25, -0.2) is 4.98 Å². The van der Waals surface area contributed by atoms with Crippen LogP contribution in [-0.4, -0.2) is 61.0 Å². The number of hydrogen-bond acceptors (Lipinski definition) is 4. The number of halogens is 1. The van der Waals surface area contributed by atoms with Gasteiger partial charge in [0, 0.05) is 27.2 Å². The van der Waals surface area contributed by atoms with Crippen LogP contribution in [0.25, 0.3) is 0 Å². The van der Waals surface area contributed by atoms with Crippen LogP contribution >= 0.6 is 24.0 Å². The van der Waals surface area contributed by atoms with E-state index in [4.69, 9.17) is 4.42 Å². The lowest BCUT2D eigenvalue weighted by Gasteiger charge is -2.32. The maximum Gasteiger partial charge on any atom is 0.208 e. The molecule has 0 radical (unpaired) electrons. The lowest BCUT2D eigenvalue weighted by Crippen LogP contribution is -2.43. The van der Waals surface area contributed by atoms with Crippen molar-refractivity contribution in [3.8, 4) is 0 Å². The predicted octanol–water partition coefficient (Wildman–Crippen LogP) is 3.43. The van der Waals surface area contributed by atoms with Crippen LogP contribution in [0, 0.1) is 19.8 Å². The average Bonchev–Trinajstić information content (AvgIpc) is 2.92. The van der Waals surface area contributed by atoms with Crippen LogP contribution in [0.2, 0.25) is 0 Å². The summed E-state index contributed by atoms with van der Waals surface area (Å²) in [5, 5.41) is 3.55. The third kappa shape index (κ3) is 7.06. The van der Waals surface area contributed by atoms with E-state index in [1.54, 1.807) is 0 Å². The molecule has 0 amide bonds. The zero-order valence-electron chi connectivity index (χ0n) is 17.0. The third-order valence-electron chi connectivity index (χ3n) is 5.11. The van der Waals surface area contributed by atoms with E-state index in [1.165, 1.54) is 25.7 Å². The summed E-state index contributed by atoms with van der Waals surface area (Å²) in [7, 11) is 3.99. The lowest BCUT2D eigenvalue weighted by atomic mass is 9.97. The molecule has 0 spiro atoms. The van der Waals surface area contributed by atoms with Crippen molar-refractivity contribution in [1.29, 1.82) is 0 Å². The average molecular weight is 477 g/mol. The molecule has 0 unspecified atom stereocenters. The second-order valence-electron chi connectivity index (χ2n) is 7.17. The van der Waals surface area contributed by atoms with E-state index in [1.807, 2.05) is 20.9 Å². The molecule has 0 aromatic carbocycles. The normalized spacial score (nSPS) is 16.4. The van der Waals surface area contributed by atoms with Crippen molar-refractivity contribution in [3.63, 3.8) is 0 Å². The van der Waals surface area contributed by atoms with E-state index in [0.29, 0.717) is 5.92 Å². The fourth-order valence-corrected chi connectivity index (χ4v) is 3.27. The summed E-state index contributed by atoms with van der Waals surface area (Å²) < 4.78 is 5.71. The van der Waals surface area contributed by atoms with Crippen LogP contribution in [0.1, 0.15) is 50.0 Å². The molecule has 0 saturated carbocycles. The molecule has 1 aromatic heterocycles. The Morgan fingerprint density at radius 2 is 2.04 bits per heavy atom. The highest BCUT2D eigenvalue weighted by Crippen LogP contribution is 2.19. The molecule has 150 valence electrons. The molecule has 1 fully saturated rings. The standard InChI is InChI=1S/C19H35N5O.HI/c1-6-7-10-23(5)19(20-4)21-13-17-8-11-24(12-9-17)14-18-22-15(2)16(3)25-18;/h17H,6-14H2,1-5H3,(H,20,21);1H. The van der Waals surface area contributed by atoms with Gasteiger partial charge in [-0.15, -0.1) is 24.0 Å². The van der Waals surface area contributed by atoms with Gasteiger partial charge >= 0.3 is 0 Å². The summed E-state index contributed by atoms with van der Waals surface area (Å²) in [6.07, 6.45) is 4.83. The van der Waals surface area contributed by atoms with E-state index in [2.05, 4.69) is 39.1 Å². The van der Waals surface area contributed by atoms with Crippen molar-refractivity contribution in [3.05, 3.63) is 17.3 Å². The maximum absolute atomic E-state index is 5.71. The Balaban J connectivity index is 0.00000338. The number of guanidine groups is 1. The highest BCUT2D eigenvalue weighted by molar-refractivity contribution is 14.0. The number of likely N-dealkylation sites (tertiary alicyclic amines) is 1. The molecule has 7 heteroatoms. The Kier molecular flexibility index (Phi) is 10.5. The number of aryl methyl sites for hydroxylation is 2. The maximum atomic E-state index is 5.71. The van der Waals surface area contributed by atoms with Gasteiger partial charge in [0.05, 0.1) is 12.2 Å². The summed E-state index contributed by atoms with van der Waals surface area (Å²) in [5.41, 5.74) is 1.01. The van der Waals surface area contributed by atoms with Crippen LogP contribution in [0.15, 0.2) is 9.41 Å². The Morgan fingerprint density at radius 3 is 2.58 bits per heavy atom. The first-order valence-electron chi connectivity index (χ1n) is 9.60. The van der Waals surface area contributed by atoms with Gasteiger partial charge in [-0.2, -0.15) is 0 Å². The fraction of sp³-hybridized carbons (Fsp3) is 0.789. The van der Waals surface area contributed by atoms with Gasteiger partial charge in [0.1, 0.15) is 5.76 Å². The number of aliphatic imine (C=N–C) groups is 1. The molecule has 2 rings (SSSR count). The van der Waals surface area contributed by atoms with Crippen LogP contribution in [0.4, 0.5) is 0 Å². The first-order valence-corrected chi connectivity index (χ1v) is 9.60. The molecule has 0 bridgehead atoms. The van der Waals surface area contributed by atoms with Crippen molar-refractivity contribution < 1.29 is 4.42 Å². The third-order valence-corrected chi connectivity index (χ3v) is 5.11. The number of rotatable bonds is 7. The van der Waals surface area contributed by atoms with E-state index in [9.17, 15) is 0 Å². The number of piperidine rings is 1. The van der Waals surface area contributed by atoms with Crippen molar-refractivity contribution in [2.24, 2.45) is 10.9 Å². The number of oxazole rings is 1. The highest BCUT2D eigenvalue weighted by atomic mass is 127. The minimum absolute atomic E-state index is 0. The quantitative estimate of drug-likeness (QED) is 0.371. The number of nitrogens with zero attached hydrogens (tertiary/aromatic N) is 4. The van der Waals surface area contributed by atoms with Crippen LogP contribution in [-0.2, 0) is 6.54 Å². The summed E-state index contributed by atoms with van der Waals surface area (Å²) in [5.74, 6) is 3.51. The summed E-state index contributed by atoms with van der Waals surface area (Å²) >= 11 is 0. The topological polar surface area (TPSA) is 56.9 Å². The molecule has 0 atom stereocenters. The summed E-state index contributed by atoms with van der Waals surface area (Å²) in [6, 6.07) is 0. The van der Waals surface area contributed by atoms with Crippen LogP contribution in [0.5, 0.6) is 0 Å². The molecule has 26 heavy (non-hydrogen) atoms. The van der Waals surface area contributed by atoms with E-state index in [-0.39, 0.29) is 24.0 Å². The predicted molar refractivity (Wildman–Crippen MR) is 118 cm³/mol. The Bertz CT molecular complexity index is 533. The molecule has 1 aliphatic rings. The lowest BCUT2D eigenvalue weighted by molar-refractivity contribution is 0.163. The number of aromatic nitrogens is 1. The number of nitrogens with one attached hydrogen (secondary N) is 1. The van der Waals surface area contributed by atoms with Gasteiger partial charge in [-0.1, -0.05) is 13.3 Å². The molecule has 1 saturated heterocycles. The largest absolute Gasteiger partial charge is 0.444 e. The van der Waals surface area contributed by atoms with Crippen LogP contribution in [0.3, 0.4) is 0 Å². The molecule has 1 aromatic rings. The molecule has 1 N–H and O–H groups in total. The van der Waals surface area contributed by atoms with E-state index < -0.39 is 0 Å². The number of unbranched alkanes of at least 4 members (excludes halogenated alkanes) is 1. The van der Waals surface area contributed by atoms with Crippen molar-refractivity contribution >= 4 is 29.9 Å². The zero-order chi connectivity index (χ0) is 18.2. The first-order chi connectivity index (χ1) is 12.0.